The average molecular weight is 395 g/mol. The van der Waals surface area contributed by atoms with Gasteiger partial charge < -0.3 is 9.73 Å². The lowest BCUT2D eigenvalue weighted by molar-refractivity contribution is -0.119. The lowest BCUT2D eigenvalue weighted by Gasteiger charge is -2.16. The number of urea groups is 1. The predicted molar refractivity (Wildman–Crippen MR) is 101 cm³/mol. The van der Waals surface area contributed by atoms with Crippen LogP contribution in [0.15, 0.2) is 15.7 Å². The minimum Gasteiger partial charge on any atom is -0.410 e. The van der Waals surface area contributed by atoms with Crippen molar-refractivity contribution >= 4 is 35.0 Å². The second kappa shape index (κ2) is 8.22. The number of rotatable bonds is 5. The first-order valence-corrected chi connectivity index (χ1v) is 10.4. The fourth-order valence-electron chi connectivity index (χ4n) is 2.79. The normalized spacial score (nSPS) is 17.4. The van der Waals surface area contributed by atoms with Gasteiger partial charge in [-0.3, -0.25) is 10.1 Å². The van der Waals surface area contributed by atoms with E-state index in [0.29, 0.717) is 23.6 Å². The molecule has 0 aliphatic heterocycles. The maximum atomic E-state index is 12.0. The minimum atomic E-state index is -0.525. The maximum absolute atomic E-state index is 12.0. The summed E-state index contributed by atoms with van der Waals surface area (Å²) in [5.41, 5.74) is 1.38. The molecule has 0 radical (unpaired) electrons. The van der Waals surface area contributed by atoms with E-state index in [1.54, 1.807) is 25.2 Å². The summed E-state index contributed by atoms with van der Waals surface area (Å²) in [5, 5.41) is 12.7. The molecule has 0 fully saturated rings. The van der Waals surface area contributed by atoms with Gasteiger partial charge in [-0.05, 0) is 50.7 Å². The molecule has 9 heteroatoms. The van der Waals surface area contributed by atoms with Gasteiger partial charge in [0.25, 0.3) is 11.1 Å². The van der Waals surface area contributed by atoms with Crippen LogP contribution in [0.25, 0.3) is 10.8 Å². The summed E-state index contributed by atoms with van der Waals surface area (Å²) < 4.78 is 5.72. The largest absolute Gasteiger partial charge is 0.410 e. The molecule has 1 aliphatic rings. The molecule has 140 valence electrons. The summed E-state index contributed by atoms with van der Waals surface area (Å²) in [6, 6.07) is 1.64. The molecule has 3 amide bonds. The van der Waals surface area contributed by atoms with Gasteiger partial charge in [0, 0.05) is 11.4 Å². The van der Waals surface area contributed by atoms with Crippen molar-refractivity contribution < 1.29 is 14.0 Å². The second-order valence-corrected chi connectivity index (χ2v) is 8.82. The first-order valence-electron chi connectivity index (χ1n) is 8.67. The Morgan fingerprint density at radius 1 is 1.46 bits per heavy atom. The average Bonchev–Trinajstić information content (AvgIpc) is 3.20. The van der Waals surface area contributed by atoms with Crippen LogP contribution in [0.2, 0.25) is 0 Å². The lowest BCUT2D eigenvalue weighted by atomic mass is 9.90. The molecular formula is C17H22N4O3S2. The number of nitrogens with zero attached hydrogens (tertiary/aromatic N) is 2. The van der Waals surface area contributed by atoms with E-state index in [-0.39, 0.29) is 0 Å². The number of hydrogen-bond donors (Lipinski definition) is 2. The number of thioether (sulfide) groups is 1. The van der Waals surface area contributed by atoms with Gasteiger partial charge in [0.2, 0.25) is 5.91 Å². The van der Waals surface area contributed by atoms with Crippen molar-refractivity contribution in [3.63, 3.8) is 0 Å². The Morgan fingerprint density at radius 3 is 3.04 bits per heavy atom. The molecule has 2 aromatic rings. The molecule has 0 aromatic carbocycles. The van der Waals surface area contributed by atoms with Gasteiger partial charge in [-0.25, -0.2) is 4.79 Å². The van der Waals surface area contributed by atoms with E-state index < -0.39 is 17.2 Å². The van der Waals surface area contributed by atoms with Crippen LogP contribution in [0.3, 0.4) is 0 Å². The molecule has 3 rings (SSSR count). The van der Waals surface area contributed by atoms with Crippen molar-refractivity contribution in [3.05, 3.63) is 16.5 Å². The Morgan fingerprint density at radius 2 is 2.27 bits per heavy atom. The summed E-state index contributed by atoms with van der Waals surface area (Å²) in [4.78, 5) is 25.8. The quantitative estimate of drug-likeness (QED) is 0.756. The highest BCUT2D eigenvalue weighted by atomic mass is 32.2. The highest BCUT2D eigenvalue weighted by Gasteiger charge is 2.23. The summed E-state index contributed by atoms with van der Waals surface area (Å²) in [6.45, 7) is 6.20. The number of aromatic nitrogens is 2. The molecule has 0 spiro atoms. The summed E-state index contributed by atoms with van der Waals surface area (Å²) in [7, 11) is 0. The van der Waals surface area contributed by atoms with Gasteiger partial charge >= 0.3 is 6.03 Å². The molecule has 2 N–H and O–H groups in total. The number of carbonyl (C=O) groups excluding carboxylic acids is 2. The Labute approximate surface area is 160 Å². The Kier molecular flexibility index (Phi) is 5.98. The smallest absolute Gasteiger partial charge is 0.321 e. The zero-order valence-electron chi connectivity index (χ0n) is 15.0. The van der Waals surface area contributed by atoms with E-state index >= 15 is 0 Å². The topological polar surface area (TPSA) is 97.1 Å². The van der Waals surface area contributed by atoms with E-state index in [0.717, 1.165) is 29.5 Å². The first-order chi connectivity index (χ1) is 12.5. The molecule has 0 bridgehead atoms. The number of thiophene rings is 1. The van der Waals surface area contributed by atoms with E-state index in [1.165, 1.54) is 16.9 Å². The number of nitrogens with one attached hydrogen (secondary N) is 2. The van der Waals surface area contributed by atoms with Crippen molar-refractivity contribution in [3.8, 4) is 10.8 Å². The van der Waals surface area contributed by atoms with Crippen LogP contribution in [-0.2, 0) is 17.6 Å². The standard InChI is InChI=1S/C17H22N4O3S2/c1-4-18-16(23)19-14(22)10(3)25-17-21-20-15(24-17)13-8-11-7-9(2)5-6-12(11)26-13/h8-10H,4-7H2,1-3H3,(H2,18,19,22,23)/t9-,10-/m0/s1. The van der Waals surface area contributed by atoms with Crippen LogP contribution in [0, 0.1) is 5.92 Å². The molecule has 2 aromatic heterocycles. The fourth-order valence-corrected chi connectivity index (χ4v) is 4.60. The molecule has 0 unspecified atom stereocenters. The number of imide groups is 1. The number of hydrogen-bond acceptors (Lipinski definition) is 7. The van der Waals surface area contributed by atoms with E-state index in [9.17, 15) is 9.59 Å². The molecule has 7 nitrogen and oxygen atoms in total. The van der Waals surface area contributed by atoms with Crippen LogP contribution in [-0.4, -0.2) is 33.9 Å². The third-order valence-electron chi connectivity index (χ3n) is 4.17. The molecule has 2 heterocycles. The number of aryl methyl sites for hydroxylation is 1. The molecule has 2 atom stereocenters. The highest BCUT2D eigenvalue weighted by molar-refractivity contribution is 8.00. The SMILES string of the molecule is CCNC(=O)NC(=O)[C@H](C)Sc1nnc(-c2cc3c(s2)CC[C@H](C)C3)o1. The van der Waals surface area contributed by atoms with Gasteiger partial charge in [-0.15, -0.1) is 21.5 Å². The Bertz CT molecular complexity index is 802. The molecule has 1 aliphatic carbocycles. The van der Waals surface area contributed by atoms with E-state index in [2.05, 4.69) is 33.8 Å². The Hall–Kier alpha value is -1.87. The van der Waals surface area contributed by atoms with Crippen LogP contribution < -0.4 is 10.6 Å². The molecular weight excluding hydrogens is 372 g/mol. The van der Waals surface area contributed by atoms with Gasteiger partial charge in [-0.1, -0.05) is 18.7 Å². The van der Waals surface area contributed by atoms with Gasteiger partial charge in [0.05, 0.1) is 10.1 Å². The van der Waals surface area contributed by atoms with Crippen LogP contribution >= 0.6 is 23.1 Å². The van der Waals surface area contributed by atoms with Crippen molar-refractivity contribution in [1.82, 2.24) is 20.8 Å². The monoisotopic (exact) mass is 394 g/mol. The third-order valence-corrected chi connectivity index (χ3v) is 6.33. The van der Waals surface area contributed by atoms with E-state index in [1.807, 2.05) is 0 Å². The number of fused-ring (bicyclic) bond motifs is 1. The first kappa shape index (κ1) is 18.9. The highest BCUT2D eigenvalue weighted by Crippen LogP contribution is 2.37. The lowest BCUT2D eigenvalue weighted by Crippen LogP contribution is -2.42. The van der Waals surface area contributed by atoms with E-state index in [4.69, 9.17) is 4.42 Å². The van der Waals surface area contributed by atoms with Gasteiger partial charge in [0.1, 0.15) is 0 Å². The Balaban J connectivity index is 1.63. The molecule has 26 heavy (non-hydrogen) atoms. The van der Waals surface area contributed by atoms with Gasteiger partial charge in [0.15, 0.2) is 0 Å². The van der Waals surface area contributed by atoms with Crippen molar-refractivity contribution in [2.24, 2.45) is 5.92 Å². The summed E-state index contributed by atoms with van der Waals surface area (Å²) >= 11 is 2.84. The fraction of sp³-hybridized carbons (Fsp3) is 0.529. The van der Waals surface area contributed by atoms with Gasteiger partial charge in [-0.2, -0.15) is 0 Å². The number of carbonyl (C=O) groups is 2. The van der Waals surface area contributed by atoms with Crippen LogP contribution in [0.4, 0.5) is 4.79 Å². The van der Waals surface area contributed by atoms with Crippen molar-refractivity contribution in [2.45, 2.75) is 50.5 Å². The predicted octanol–water partition coefficient (Wildman–Crippen LogP) is 3.25. The zero-order chi connectivity index (χ0) is 18.7. The van der Waals surface area contributed by atoms with Crippen molar-refractivity contribution in [1.29, 1.82) is 0 Å². The minimum absolute atomic E-state index is 0.318. The summed E-state index contributed by atoms with van der Waals surface area (Å²) in [5.74, 6) is 0.792. The molecule has 0 saturated heterocycles. The maximum Gasteiger partial charge on any atom is 0.321 e. The third kappa shape index (κ3) is 4.45. The summed E-state index contributed by atoms with van der Waals surface area (Å²) in [6.07, 6.45) is 3.42. The van der Waals surface area contributed by atoms with Crippen LogP contribution in [0.5, 0.6) is 0 Å². The van der Waals surface area contributed by atoms with Crippen molar-refractivity contribution in [2.75, 3.05) is 6.54 Å². The second-order valence-electron chi connectivity index (χ2n) is 6.39. The number of amides is 3. The molecule has 0 saturated carbocycles. The zero-order valence-corrected chi connectivity index (χ0v) is 16.6. The van der Waals surface area contributed by atoms with Crippen LogP contribution in [0.1, 0.15) is 37.6 Å².